The van der Waals surface area contributed by atoms with Crippen LogP contribution in [0.3, 0.4) is 0 Å². The first kappa shape index (κ1) is 18.9. The van der Waals surface area contributed by atoms with Crippen LogP contribution in [0.2, 0.25) is 0 Å². The van der Waals surface area contributed by atoms with Gasteiger partial charge in [-0.2, -0.15) is 0 Å². The van der Waals surface area contributed by atoms with E-state index in [1.807, 2.05) is 0 Å². The summed E-state index contributed by atoms with van der Waals surface area (Å²) in [5.74, 6) is -3.81. The molecule has 0 aromatic carbocycles. The van der Waals surface area contributed by atoms with Crippen LogP contribution in [-0.2, 0) is 9.47 Å². The molecule has 7 heteroatoms. The van der Waals surface area contributed by atoms with E-state index in [2.05, 4.69) is 4.74 Å². The second kappa shape index (κ2) is 10.7. The molecule has 0 fully saturated rings. The van der Waals surface area contributed by atoms with Crippen LogP contribution in [0.25, 0.3) is 0 Å². The summed E-state index contributed by atoms with van der Waals surface area (Å²) < 4.78 is 48.7. The van der Waals surface area contributed by atoms with E-state index in [4.69, 9.17) is 9.84 Å². The summed E-state index contributed by atoms with van der Waals surface area (Å²) in [7, 11) is 0. The largest absolute Gasteiger partial charge is 0.485 e. The summed E-state index contributed by atoms with van der Waals surface area (Å²) in [6, 6.07) is 0. The SMILES string of the molecule is CCC(C)/C(F)=C(OCC(O)CCOCO)\C(F)=C\F. The average molecular weight is 298 g/mol. The molecule has 0 aromatic rings. The predicted octanol–water partition coefficient (Wildman–Crippen LogP) is 2.73. The highest BCUT2D eigenvalue weighted by Gasteiger charge is 2.20. The van der Waals surface area contributed by atoms with Crippen molar-refractivity contribution >= 4 is 0 Å². The van der Waals surface area contributed by atoms with Crippen LogP contribution in [0.5, 0.6) is 0 Å². The first-order valence-electron chi connectivity index (χ1n) is 6.33. The summed E-state index contributed by atoms with van der Waals surface area (Å²) in [6.45, 7) is 2.38. The first-order chi connectivity index (χ1) is 9.47. The van der Waals surface area contributed by atoms with Gasteiger partial charge in [0.05, 0.1) is 12.7 Å². The molecule has 0 saturated heterocycles. The zero-order chi connectivity index (χ0) is 15.5. The molecule has 20 heavy (non-hydrogen) atoms. The van der Waals surface area contributed by atoms with Crippen molar-refractivity contribution in [2.24, 2.45) is 5.92 Å². The Morgan fingerprint density at radius 2 is 2.00 bits per heavy atom. The number of aliphatic hydroxyl groups is 2. The molecule has 4 nitrogen and oxygen atoms in total. The van der Waals surface area contributed by atoms with Crippen LogP contribution < -0.4 is 0 Å². The monoisotopic (exact) mass is 298 g/mol. The first-order valence-corrected chi connectivity index (χ1v) is 6.33. The molecule has 0 saturated carbocycles. The number of ether oxygens (including phenoxy) is 2. The van der Waals surface area contributed by atoms with Crippen LogP contribution in [0.4, 0.5) is 13.2 Å². The van der Waals surface area contributed by atoms with Crippen LogP contribution in [0.1, 0.15) is 26.7 Å². The van der Waals surface area contributed by atoms with Gasteiger partial charge in [0.2, 0.25) is 0 Å². The van der Waals surface area contributed by atoms with Crippen molar-refractivity contribution in [2.75, 3.05) is 20.0 Å². The molecule has 118 valence electrons. The highest BCUT2D eigenvalue weighted by atomic mass is 19.2. The maximum atomic E-state index is 13.8. The van der Waals surface area contributed by atoms with Crippen LogP contribution in [0.15, 0.2) is 23.7 Å². The van der Waals surface area contributed by atoms with Crippen molar-refractivity contribution in [3.05, 3.63) is 23.7 Å². The van der Waals surface area contributed by atoms with Crippen LogP contribution in [0, 0.1) is 5.92 Å². The molecule has 2 atom stereocenters. The van der Waals surface area contributed by atoms with E-state index in [9.17, 15) is 18.3 Å². The molecule has 0 heterocycles. The number of aliphatic hydroxyl groups excluding tert-OH is 2. The minimum atomic E-state index is -1.46. The average Bonchev–Trinajstić information content (AvgIpc) is 2.46. The Balaban J connectivity index is 4.61. The lowest BCUT2D eigenvalue weighted by Gasteiger charge is -2.16. The molecule has 0 aliphatic carbocycles. The van der Waals surface area contributed by atoms with Gasteiger partial charge < -0.3 is 19.7 Å². The van der Waals surface area contributed by atoms with Gasteiger partial charge in [-0.1, -0.05) is 13.8 Å². The van der Waals surface area contributed by atoms with Crippen molar-refractivity contribution in [2.45, 2.75) is 32.8 Å². The second-order valence-electron chi connectivity index (χ2n) is 4.23. The third-order valence-corrected chi connectivity index (χ3v) is 2.68. The molecule has 0 spiro atoms. The number of hydrogen-bond donors (Lipinski definition) is 2. The molecular weight excluding hydrogens is 277 g/mol. The van der Waals surface area contributed by atoms with Crippen molar-refractivity contribution < 1.29 is 32.9 Å². The Morgan fingerprint density at radius 1 is 1.35 bits per heavy atom. The van der Waals surface area contributed by atoms with Crippen LogP contribution >= 0.6 is 0 Å². The van der Waals surface area contributed by atoms with E-state index in [0.717, 1.165) is 0 Å². The highest BCUT2D eigenvalue weighted by Crippen LogP contribution is 2.26. The fourth-order valence-electron chi connectivity index (χ4n) is 1.25. The molecular formula is C13H21F3O4. The van der Waals surface area contributed by atoms with E-state index in [1.54, 1.807) is 6.92 Å². The van der Waals surface area contributed by atoms with E-state index in [-0.39, 0.29) is 13.0 Å². The molecule has 0 aliphatic rings. The molecule has 2 unspecified atom stereocenters. The van der Waals surface area contributed by atoms with Crippen LogP contribution in [-0.4, -0.2) is 36.3 Å². The van der Waals surface area contributed by atoms with Gasteiger partial charge in [0.25, 0.3) is 0 Å². The third-order valence-electron chi connectivity index (χ3n) is 2.68. The van der Waals surface area contributed by atoms with Crippen molar-refractivity contribution in [1.82, 2.24) is 0 Å². The fraction of sp³-hybridized carbons (Fsp3) is 0.692. The quantitative estimate of drug-likeness (QED) is 0.282. The normalized spacial score (nSPS) is 16.6. The summed E-state index contributed by atoms with van der Waals surface area (Å²) in [6.07, 6.45) is -0.933. The minimum Gasteiger partial charge on any atom is -0.485 e. The standard InChI is InChI=1S/C13H21F3O4/c1-3-9(2)12(16)13(11(15)6-14)20-7-10(18)4-5-19-8-17/h6,9-10,17-18H,3-5,7-8H2,1-2H3/b11-6-,13-12-. The van der Waals surface area contributed by atoms with Gasteiger partial charge in [-0.15, -0.1) is 0 Å². The molecule has 0 bridgehead atoms. The lowest BCUT2D eigenvalue weighted by atomic mass is 10.1. The van der Waals surface area contributed by atoms with Gasteiger partial charge >= 0.3 is 0 Å². The maximum absolute atomic E-state index is 13.8. The van der Waals surface area contributed by atoms with E-state index < -0.39 is 49.2 Å². The Hall–Kier alpha value is -1.05. The summed E-state index contributed by atoms with van der Waals surface area (Å²) in [5.41, 5.74) is 0. The van der Waals surface area contributed by atoms with Gasteiger partial charge in [0.1, 0.15) is 25.6 Å². The van der Waals surface area contributed by atoms with Gasteiger partial charge in [0, 0.05) is 12.3 Å². The third kappa shape index (κ3) is 6.93. The summed E-state index contributed by atoms with van der Waals surface area (Å²) >= 11 is 0. The zero-order valence-electron chi connectivity index (χ0n) is 11.6. The zero-order valence-corrected chi connectivity index (χ0v) is 11.6. The lowest BCUT2D eigenvalue weighted by molar-refractivity contribution is -0.0233. The lowest BCUT2D eigenvalue weighted by Crippen LogP contribution is -2.18. The molecule has 0 radical (unpaired) electrons. The molecule has 0 aromatic heterocycles. The topological polar surface area (TPSA) is 58.9 Å². The molecule has 0 aliphatic heterocycles. The number of halogens is 3. The molecule has 0 amide bonds. The highest BCUT2D eigenvalue weighted by molar-refractivity contribution is 5.22. The Labute approximate surface area is 116 Å². The van der Waals surface area contributed by atoms with Gasteiger partial charge in [-0.3, -0.25) is 0 Å². The van der Waals surface area contributed by atoms with Gasteiger partial charge in [-0.05, 0) is 6.42 Å². The second-order valence-corrected chi connectivity index (χ2v) is 4.23. The number of hydrogen-bond acceptors (Lipinski definition) is 4. The van der Waals surface area contributed by atoms with Crippen molar-refractivity contribution in [3.63, 3.8) is 0 Å². The molecule has 0 rings (SSSR count). The van der Waals surface area contributed by atoms with Crippen molar-refractivity contribution in [3.8, 4) is 0 Å². The van der Waals surface area contributed by atoms with E-state index >= 15 is 0 Å². The summed E-state index contributed by atoms with van der Waals surface area (Å²) in [4.78, 5) is 0. The number of rotatable bonds is 10. The van der Waals surface area contributed by atoms with Gasteiger partial charge in [0.15, 0.2) is 11.6 Å². The smallest absolute Gasteiger partial charge is 0.195 e. The molecule has 2 N–H and O–H groups in total. The van der Waals surface area contributed by atoms with E-state index in [1.165, 1.54) is 6.92 Å². The Kier molecular flexibility index (Phi) is 10.1. The van der Waals surface area contributed by atoms with Crippen molar-refractivity contribution in [1.29, 1.82) is 0 Å². The number of allylic oxidation sites excluding steroid dienone is 2. The summed E-state index contributed by atoms with van der Waals surface area (Å²) in [5, 5.41) is 17.9. The minimum absolute atomic E-state index is 0.0648. The Morgan fingerprint density at radius 3 is 2.50 bits per heavy atom. The predicted molar refractivity (Wildman–Crippen MR) is 67.5 cm³/mol. The van der Waals surface area contributed by atoms with Gasteiger partial charge in [-0.25, -0.2) is 13.2 Å². The maximum Gasteiger partial charge on any atom is 0.195 e. The Bertz CT molecular complexity index is 332. The van der Waals surface area contributed by atoms with E-state index in [0.29, 0.717) is 6.42 Å². The fourth-order valence-corrected chi connectivity index (χ4v) is 1.25.